The number of likely N-dealkylation sites (tertiary alicyclic amines) is 1. The molecule has 8 nitrogen and oxygen atoms in total. The van der Waals surface area contributed by atoms with Crippen molar-refractivity contribution in [3.05, 3.63) is 34.6 Å². The van der Waals surface area contributed by atoms with Crippen LogP contribution in [0.15, 0.2) is 34.1 Å². The van der Waals surface area contributed by atoms with E-state index >= 15 is 0 Å². The summed E-state index contributed by atoms with van der Waals surface area (Å²) in [5, 5.41) is 3.26. The number of halogens is 1. The zero-order chi connectivity index (χ0) is 20.2. The van der Waals surface area contributed by atoms with Crippen molar-refractivity contribution >= 4 is 29.5 Å². The third-order valence-electron chi connectivity index (χ3n) is 5.24. The average Bonchev–Trinajstić information content (AvgIpc) is 3.19. The fourth-order valence-electron chi connectivity index (χ4n) is 3.64. The van der Waals surface area contributed by atoms with Gasteiger partial charge in [0.25, 0.3) is 5.91 Å². The third-order valence-corrected chi connectivity index (χ3v) is 5.65. The summed E-state index contributed by atoms with van der Waals surface area (Å²) in [6.07, 6.45) is 5.51. The van der Waals surface area contributed by atoms with Crippen LogP contribution in [0.3, 0.4) is 0 Å². The second kappa shape index (κ2) is 8.92. The van der Waals surface area contributed by atoms with E-state index in [4.69, 9.17) is 21.1 Å². The Morgan fingerprint density at radius 2 is 2.14 bits per heavy atom. The molecule has 3 aliphatic heterocycles. The molecule has 1 N–H and O–H groups in total. The van der Waals surface area contributed by atoms with E-state index in [9.17, 15) is 9.59 Å². The Hall–Kier alpha value is -2.45. The molecule has 4 heterocycles. The summed E-state index contributed by atoms with van der Waals surface area (Å²) >= 11 is 6.15. The molecule has 1 atom stereocenters. The van der Waals surface area contributed by atoms with Gasteiger partial charge < -0.3 is 19.7 Å². The minimum absolute atomic E-state index is 0.1000. The molecule has 0 aromatic carbocycles. The Labute approximate surface area is 173 Å². The molecular weight excluding hydrogens is 396 g/mol. The van der Waals surface area contributed by atoms with E-state index in [2.05, 4.69) is 15.3 Å². The van der Waals surface area contributed by atoms with Crippen molar-refractivity contribution in [2.75, 3.05) is 32.8 Å². The molecule has 0 bridgehead atoms. The summed E-state index contributed by atoms with van der Waals surface area (Å²) < 4.78 is 11.3. The third kappa shape index (κ3) is 4.76. The van der Waals surface area contributed by atoms with Crippen molar-refractivity contribution in [2.24, 2.45) is 4.99 Å². The zero-order valence-electron chi connectivity index (χ0n) is 16.0. The van der Waals surface area contributed by atoms with Crippen LogP contribution < -0.4 is 10.1 Å². The summed E-state index contributed by atoms with van der Waals surface area (Å²) in [5.74, 6) is 0.106. The number of nitrogens with one attached hydrogen (secondary N) is 1. The van der Waals surface area contributed by atoms with Crippen LogP contribution in [-0.4, -0.2) is 72.8 Å². The average molecular weight is 419 g/mol. The first kappa shape index (κ1) is 19.8. The molecule has 1 aromatic heterocycles. The first-order valence-electron chi connectivity index (χ1n) is 9.79. The van der Waals surface area contributed by atoms with E-state index < -0.39 is 0 Å². The van der Waals surface area contributed by atoms with Crippen molar-refractivity contribution in [2.45, 2.75) is 31.4 Å². The van der Waals surface area contributed by atoms with E-state index in [1.54, 1.807) is 24.5 Å². The number of rotatable bonds is 5. The standard InChI is InChI=1S/C20H23ClN4O4/c21-19-16(10-22-11-17(19)26)25-6-2-15(12-25)29-18-9-13(1-5-23-18)20(27)24-14-3-7-28-8-4-14/h1,5,9-10,14-15H,2-4,6-8,11-12H2,(H,24,27)/t15-/m1/s1. The number of amides is 1. The van der Waals surface area contributed by atoms with Gasteiger partial charge in [0.2, 0.25) is 5.88 Å². The summed E-state index contributed by atoms with van der Waals surface area (Å²) in [7, 11) is 0. The molecule has 1 amide bonds. The molecule has 1 aromatic rings. The van der Waals surface area contributed by atoms with E-state index in [1.807, 2.05) is 4.90 Å². The highest BCUT2D eigenvalue weighted by Crippen LogP contribution is 2.24. The SMILES string of the molecule is O=C1CN=CC(N2CC[C@@H](Oc3cc(C(=O)NC4CCOCC4)ccn3)C2)=C1Cl. The van der Waals surface area contributed by atoms with Crippen LogP contribution in [0, 0.1) is 0 Å². The van der Waals surface area contributed by atoms with E-state index in [0.717, 1.165) is 19.3 Å². The van der Waals surface area contributed by atoms with Crippen LogP contribution in [0.2, 0.25) is 0 Å². The van der Waals surface area contributed by atoms with Gasteiger partial charge >= 0.3 is 0 Å². The zero-order valence-corrected chi connectivity index (χ0v) is 16.7. The number of aromatic nitrogens is 1. The normalized spacial score (nSPS) is 22.9. The van der Waals surface area contributed by atoms with Gasteiger partial charge in [-0.25, -0.2) is 4.98 Å². The number of aliphatic imine (C=N–C) groups is 1. The largest absolute Gasteiger partial charge is 0.472 e. The minimum Gasteiger partial charge on any atom is -0.472 e. The van der Waals surface area contributed by atoms with Crippen LogP contribution in [0.25, 0.3) is 0 Å². The molecule has 0 unspecified atom stereocenters. The highest BCUT2D eigenvalue weighted by atomic mass is 35.5. The van der Waals surface area contributed by atoms with Gasteiger partial charge in [-0.1, -0.05) is 11.6 Å². The lowest BCUT2D eigenvalue weighted by Gasteiger charge is -2.23. The minimum atomic E-state index is -0.168. The predicted octanol–water partition coefficient (Wildman–Crippen LogP) is 1.55. The second-order valence-electron chi connectivity index (χ2n) is 7.31. The lowest BCUT2D eigenvalue weighted by Crippen LogP contribution is -2.38. The summed E-state index contributed by atoms with van der Waals surface area (Å²) in [6.45, 7) is 2.72. The maximum Gasteiger partial charge on any atom is 0.251 e. The highest BCUT2D eigenvalue weighted by molar-refractivity contribution is 6.44. The van der Waals surface area contributed by atoms with Crippen molar-refractivity contribution in [3.8, 4) is 5.88 Å². The Bertz CT molecular complexity index is 851. The Morgan fingerprint density at radius 1 is 1.31 bits per heavy atom. The van der Waals surface area contributed by atoms with Gasteiger partial charge in [0.15, 0.2) is 5.78 Å². The maximum atomic E-state index is 12.5. The van der Waals surface area contributed by atoms with E-state index in [-0.39, 0.29) is 35.4 Å². The molecule has 0 radical (unpaired) electrons. The van der Waals surface area contributed by atoms with Gasteiger partial charge in [-0.2, -0.15) is 0 Å². The Kier molecular flexibility index (Phi) is 6.10. The monoisotopic (exact) mass is 418 g/mol. The van der Waals surface area contributed by atoms with Gasteiger partial charge in [0, 0.05) is 56.3 Å². The number of hydrogen-bond acceptors (Lipinski definition) is 7. The summed E-state index contributed by atoms with van der Waals surface area (Å²) in [4.78, 5) is 34.6. The number of pyridine rings is 1. The van der Waals surface area contributed by atoms with Gasteiger partial charge in [-0.15, -0.1) is 0 Å². The molecule has 0 aliphatic carbocycles. The van der Waals surface area contributed by atoms with Crippen LogP contribution >= 0.6 is 11.6 Å². The lowest BCUT2D eigenvalue weighted by atomic mass is 10.1. The molecule has 4 rings (SSSR count). The second-order valence-corrected chi connectivity index (χ2v) is 7.69. The smallest absolute Gasteiger partial charge is 0.251 e. The van der Waals surface area contributed by atoms with Crippen molar-refractivity contribution in [1.82, 2.24) is 15.2 Å². The van der Waals surface area contributed by atoms with Gasteiger partial charge in [0.05, 0.1) is 12.2 Å². The van der Waals surface area contributed by atoms with Crippen LogP contribution in [-0.2, 0) is 9.53 Å². The number of ether oxygens (including phenoxy) is 2. The number of allylic oxidation sites excluding steroid dienone is 1. The van der Waals surface area contributed by atoms with Gasteiger partial charge in [-0.05, 0) is 18.9 Å². The first-order valence-corrected chi connectivity index (χ1v) is 10.2. The Morgan fingerprint density at radius 3 is 2.97 bits per heavy atom. The molecule has 0 spiro atoms. The first-order chi connectivity index (χ1) is 14.1. The highest BCUT2D eigenvalue weighted by Gasteiger charge is 2.29. The van der Waals surface area contributed by atoms with Gasteiger partial charge in [-0.3, -0.25) is 14.6 Å². The molecule has 3 aliphatic rings. The molecule has 29 heavy (non-hydrogen) atoms. The van der Waals surface area contributed by atoms with Crippen LogP contribution in [0.4, 0.5) is 0 Å². The number of dihydropyridines is 1. The van der Waals surface area contributed by atoms with E-state index in [0.29, 0.717) is 43.4 Å². The number of carbonyl (C=O) groups is 2. The molecule has 2 saturated heterocycles. The molecule has 0 saturated carbocycles. The lowest BCUT2D eigenvalue weighted by molar-refractivity contribution is -0.113. The van der Waals surface area contributed by atoms with Crippen molar-refractivity contribution < 1.29 is 19.1 Å². The van der Waals surface area contributed by atoms with Crippen LogP contribution in [0.5, 0.6) is 5.88 Å². The summed E-state index contributed by atoms with van der Waals surface area (Å²) in [5.41, 5.74) is 1.17. The number of carbonyl (C=O) groups excluding carboxylic acids is 2. The topological polar surface area (TPSA) is 93.1 Å². The fraction of sp³-hybridized carbons (Fsp3) is 0.500. The Balaban J connectivity index is 1.36. The predicted molar refractivity (Wildman–Crippen MR) is 107 cm³/mol. The molecule has 9 heteroatoms. The van der Waals surface area contributed by atoms with Gasteiger partial charge in [0.1, 0.15) is 17.7 Å². The number of nitrogens with zero attached hydrogens (tertiary/aromatic N) is 3. The van der Waals surface area contributed by atoms with Crippen molar-refractivity contribution in [3.63, 3.8) is 0 Å². The molecular formula is C20H23ClN4O4. The van der Waals surface area contributed by atoms with Crippen LogP contribution in [0.1, 0.15) is 29.6 Å². The molecule has 154 valence electrons. The quantitative estimate of drug-likeness (QED) is 0.779. The fourth-order valence-corrected chi connectivity index (χ4v) is 3.87. The number of Topliss-reactive ketones (excluding diaryl/α,β-unsaturated/α-hetero) is 1. The maximum absolute atomic E-state index is 12.5. The van der Waals surface area contributed by atoms with Crippen molar-refractivity contribution in [1.29, 1.82) is 0 Å². The van der Waals surface area contributed by atoms with E-state index in [1.165, 1.54) is 0 Å². The number of ketones is 1. The molecule has 2 fully saturated rings. The summed E-state index contributed by atoms with van der Waals surface area (Å²) in [6, 6.07) is 3.47. The number of hydrogen-bond donors (Lipinski definition) is 1.